The number of nitrogens with zero attached hydrogens (tertiary/aromatic N) is 1. The topological polar surface area (TPSA) is 63.9 Å². The average Bonchev–Trinajstić information content (AvgIpc) is 1.77. The molecule has 0 aromatic rings. The van der Waals surface area contributed by atoms with Gasteiger partial charge in [0.15, 0.2) is 0 Å². The van der Waals surface area contributed by atoms with E-state index in [0.29, 0.717) is 0 Å². The van der Waals surface area contributed by atoms with Gasteiger partial charge in [0.25, 0.3) is 0 Å². The zero-order valence-corrected chi connectivity index (χ0v) is 9.07. The number of hydrogen-bond acceptors (Lipinski definition) is 4. The van der Waals surface area contributed by atoms with E-state index in [4.69, 9.17) is 0 Å². The van der Waals surface area contributed by atoms with E-state index in [1.807, 2.05) is 0 Å². The molecule has 4 heteroatoms. The van der Waals surface area contributed by atoms with E-state index in [2.05, 4.69) is 0 Å². The van der Waals surface area contributed by atoms with Crippen LogP contribution >= 0.6 is 0 Å². The largest absolute Gasteiger partial charge is 0.392 e. The summed E-state index contributed by atoms with van der Waals surface area (Å²) in [5.74, 6) is 0. The van der Waals surface area contributed by atoms with Gasteiger partial charge in [-0.3, -0.25) is 0 Å². The van der Waals surface area contributed by atoms with Gasteiger partial charge in [0.1, 0.15) is 11.4 Å². The Morgan fingerprint density at radius 1 is 1.08 bits per heavy atom. The molecule has 0 aromatic heterocycles. The molecule has 0 bridgehead atoms. The average molecular weight is 191 g/mol. The second kappa shape index (κ2) is 3.92. The summed E-state index contributed by atoms with van der Waals surface area (Å²) in [6, 6.07) is 0. The Labute approximate surface area is 79.8 Å². The first-order valence-electron chi connectivity index (χ1n) is 4.45. The molecule has 0 heterocycles. The Bertz CT molecular complexity index is 141. The van der Waals surface area contributed by atoms with Crippen molar-refractivity contribution in [2.75, 3.05) is 6.54 Å². The number of aliphatic hydroxyl groups is 3. The number of rotatable bonds is 4. The third-order valence-corrected chi connectivity index (χ3v) is 1.77. The zero-order chi connectivity index (χ0) is 10.9. The van der Waals surface area contributed by atoms with Crippen molar-refractivity contribution in [2.24, 2.45) is 0 Å². The van der Waals surface area contributed by atoms with Gasteiger partial charge in [-0.2, -0.15) is 0 Å². The van der Waals surface area contributed by atoms with Gasteiger partial charge in [-0.05, 0) is 34.6 Å². The van der Waals surface area contributed by atoms with Crippen LogP contribution in [-0.2, 0) is 0 Å². The second-order valence-electron chi connectivity index (χ2n) is 4.45. The Morgan fingerprint density at radius 3 is 1.46 bits per heavy atom. The maximum Gasteiger partial charge on any atom is 0.115 e. The van der Waals surface area contributed by atoms with Crippen molar-refractivity contribution in [2.45, 2.75) is 52.2 Å². The SMILES string of the molecule is CC(O)CN(C(C)(C)O)C(C)(C)O. The molecule has 0 rings (SSSR count). The van der Waals surface area contributed by atoms with Gasteiger partial charge in [0.2, 0.25) is 0 Å². The Hall–Kier alpha value is -0.160. The van der Waals surface area contributed by atoms with E-state index >= 15 is 0 Å². The molecule has 0 aliphatic rings. The van der Waals surface area contributed by atoms with Gasteiger partial charge in [-0.15, -0.1) is 0 Å². The molecule has 0 amide bonds. The van der Waals surface area contributed by atoms with Gasteiger partial charge in [-0.1, -0.05) is 0 Å². The second-order valence-corrected chi connectivity index (χ2v) is 4.45. The van der Waals surface area contributed by atoms with E-state index in [0.717, 1.165) is 0 Å². The minimum absolute atomic E-state index is 0.229. The summed E-state index contributed by atoms with van der Waals surface area (Å²) in [7, 11) is 0. The highest BCUT2D eigenvalue weighted by Crippen LogP contribution is 2.21. The van der Waals surface area contributed by atoms with Crippen LogP contribution in [0.4, 0.5) is 0 Å². The van der Waals surface area contributed by atoms with Crippen LogP contribution in [0.1, 0.15) is 34.6 Å². The Morgan fingerprint density at radius 2 is 1.38 bits per heavy atom. The van der Waals surface area contributed by atoms with Crippen LogP contribution in [0, 0.1) is 0 Å². The highest BCUT2D eigenvalue weighted by molar-refractivity contribution is 4.79. The van der Waals surface area contributed by atoms with Crippen molar-refractivity contribution in [1.29, 1.82) is 0 Å². The molecule has 0 aliphatic carbocycles. The predicted molar refractivity (Wildman–Crippen MR) is 51.0 cm³/mol. The third-order valence-electron chi connectivity index (χ3n) is 1.77. The lowest BCUT2D eigenvalue weighted by Crippen LogP contribution is -2.57. The van der Waals surface area contributed by atoms with Crippen LogP contribution in [0.25, 0.3) is 0 Å². The lowest BCUT2D eigenvalue weighted by molar-refractivity contribution is -0.207. The van der Waals surface area contributed by atoms with Gasteiger partial charge < -0.3 is 15.3 Å². The predicted octanol–water partition coefficient (Wildman–Crippen LogP) is 0.126. The number of aliphatic hydroxyl groups excluding tert-OH is 1. The standard InChI is InChI=1S/C9H21NO3/c1-7(11)6-10(8(2,3)12)9(4,5)13/h7,11-13H,6H2,1-5H3. The highest BCUT2D eigenvalue weighted by atomic mass is 16.3. The smallest absolute Gasteiger partial charge is 0.115 e. The van der Waals surface area contributed by atoms with Crippen molar-refractivity contribution in [3.05, 3.63) is 0 Å². The van der Waals surface area contributed by atoms with Gasteiger partial charge in [0, 0.05) is 6.54 Å². The summed E-state index contributed by atoms with van der Waals surface area (Å²) in [5.41, 5.74) is -2.29. The minimum atomic E-state index is -1.14. The molecule has 1 unspecified atom stereocenters. The molecule has 13 heavy (non-hydrogen) atoms. The summed E-state index contributed by atoms with van der Waals surface area (Å²) in [6.07, 6.45) is -0.585. The Kier molecular flexibility index (Phi) is 3.87. The van der Waals surface area contributed by atoms with E-state index in [9.17, 15) is 15.3 Å². The highest BCUT2D eigenvalue weighted by Gasteiger charge is 2.35. The lowest BCUT2D eigenvalue weighted by Gasteiger charge is -2.43. The summed E-state index contributed by atoms with van der Waals surface area (Å²) < 4.78 is 0. The fourth-order valence-electron chi connectivity index (χ4n) is 1.38. The van der Waals surface area contributed by atoms with Crippen LogP contribution in [-0.4, -0.2) is 44.3 Å². The molecular formula is C9H21NO3. The first-order chi connectivity index (χ1) is 5.55. The fraction of sp³-hybridized carbons (Fsp3) is 1.00. The monoisotopic (exact) mass is 191 g/mol. The molecule has 0 fully saturated rings. The minimum Gasteiger partial charge on any atom is -0.392 e. The van der Waals surface area contributed by atoms with Crippen molar-refractivity contribution in [1.82, 2.24) is 4.90 Å². The van der Waals surface area contributed by atoms with E-state index in [-0.39, 0.29) is 6.54 Å². The zero-order valence-electron chi connectivity index (χ0n) is 9.07. The molecule has 1 atom stereocenters. The van der Waals surface area contributed by atoms with Crippen molar-refractivity contribution >= 4 is 0 Å². The molecule has 0 saturated heterocycles. The summed E-state index contributed by atoms with van der Waals surface area (Å²) in [5, 5.41) is 28.6. The van der Waals surface area contributed by atoms with Crippen LogP contribution in [0.5, 0.6) is 0 Å². The van der Waals surface area contributed by atoms with Gasteiger partial charge >= 0.3 is 0 Å². The van der Waals surface area contributed by atoms with Crippen molar-refractivity contribution < 1.29 is 15.3 Å². The molecule has 3 N–H and O–H groups in total. The summed E-state index contributed by atoms with van der Waals surface area (Å²) in [6.45, 7) is 8.15. The molecule has 0 aliphatic heterocycles. The van der Waals surface area contributed by atoms with Crippen LogP contribution in [0.3, 0.4) is 0 Å². The third kappa shape index (κ3) is 4.57. The molecular weight excluding hydrogens is 170 g/mol. The molecule has 0 radical (unpaired) electrons. The molecule has 0 spiro atoms. The quantitative estimate of drug-likeness (QED) is 0.553. The first-order valence-corrected chi connectivity index (χ1v) is 4.45. The van der Waals surface area contributed by atoms with Crippen LogP contribution < -0.4 is 0 Å². The van der Waals surface area contributed by atoms with Gasteiger partial charge in [-0.25, -0.2) is 4.90 Å². The molecule has 0 saturated carbocycles. The van der Waals surface area contributed by atoms with Crippen molar-refractivity contribution in [3.63, 3.8) is 0 Å². The van der Waals surface area contributed by atoms with Gasteiger partial charge in [0.05, 0.1) is 6.10 Å². The van der Waals surface area contributed by atoms with Crippen LogP contribution in [0.15, 0.2) is 0 Å². The first kappa shape index (κ1) is 12.8. The molecule has 0 aromatic carbocycles. The number of hydrogen-bond donors (Lipinski definition) is 3. The van der Waals surface area contributed by atoms with E-state index < -0.39 is 17.6 Å². The maximum absolute atomic E-state index is 9.72. The Balaban J connectivity index is 4.58. The summed E-state index contributed by atoms with van der Waals surface area (Å²) in [4.78, 5) is 1.44. The summed E-state index contributed by atoms with van der Waals surface area (Å²) >= 11 is 0. The van der Waals surface area contributed by atoms with E-state index in [1.54, 1.807) is 34.6 Å². The fourth-order valence-corrected chi connectivity index (χ4v) is 1.38. The van der Waals surface area contributed by atoms with Crippen LogP contribution in [0.2, 0.25) is 0 Å². The normalized spacial score (nSPS) is 16.4. The van der Waals surface area contributed by atoms with E-state index in [1.165, 1.54) is 4.90 Å². The maximum atomic E-state index is 9.72. The molecule has 4 nitrogen and oxygen atoms in total. The molecule has 80 valence electrons. The van der Waals surface area contributed by atoms with Crippen molar-refractivity contribution in [3.8, 4) is 0 Å². The lowest BCUT2D eigenvalue weighted by atomic mass is 10.1.